The van der Waals surface area contributed by atoms with E-state index in [1.165, 1.54) is 0 Å². The van der Waals surface area contributed by atoms with Crippen LogP contribution in [0.5, 0.6) is 11.5 Å². The third-order valence-electron chi connectivity index (χ3n) is 3.43. The average molecular weight is 334 g/mol. The molecule has 1 N–H and O–H groups in total. The van der Waals surface area contributed by atoms with Crippen molar-refractivity contribution in [1.82, 2.24) is 10.3 Å². The molecule has 0 saturated heterocycles. The molecule has 0 saturated carbocycles. The molecule has 2 aromatic rings. The van der Waals surface area contributed by atoms with Crippen molar-refractivity contribution in [3.05, 3.63) is 29.3 Å². The van der Waals surface area contributed by atoms with Gasteiger partial charge in [-0.1, -0.05) is 0 Å². The number of aromatic nitrogens is 1. The Morgan fingerprint density at radius 1 is 1.30 bits per heavy atom. The second-order valence-corrected chi connectivity index (χ2v) is 6.52. The van der Waals surface area contributed by atoms with Crippen molar-refractivity contribution in [3.63, 3.8) is 0 Å². The minimum atomic E-state index is 0.298. The van der Waals surface area contributed by atoms with Gasteiger partial charge in [0.1, 0.15) is 5.01 Å². The van der Waals surface area contributed by atoms with Crippen LogP contribution in [0.3, 0.4) is 0 Å². The van der Waals surface area contributed by atoms with Crippen LogP contribution in [0.4, 0.5) is 0 Å². The number of hydrogen-bond acceptors (Lipinski definition) is 6. The van der Waals surface area contributed by atoms with Gasteiger partial charge in [0.05, 0.1) is 11.8 Å². The quantitative estimate of drug-likeness (QED) is 0.750. The van der Waals surface area contributed by atoms with E-state index in [0.29, 0.717) is 12.9 Å². The summed E-state index contributed by atoms with van der Waals surface area (Å²) in [5.41, 5.74) is 2.13. The van der Waals surface area contributed by atoms with Gasteiger partial charge in [0.25, 0.3) is 0 Å². The minimum Gasteiger partial charge on any atom is -0.454 e. The number of hydrogen-bond donors (Lipinski definition) is 1. The molecule has 0 bridgehead atoms. The summed E-state index contributed by atoms with van der Waals surface area (Å²) < 4.78 is 16.3. The van der Waals surface area contributed by atoms with E-state index in [1.54, 1.807) is 11.3 Å². The monoisotopic (exact) mass is 334 g/mol. The molecule has 3 rings (SSSR count). The molecule has 1 aliphatic heterocycles. The second-order valence-electron chi connectivity index (χ2n) is 5.66. The van der Waals surface area contributed by atoms with Crippen LogP contribution >= 0.6 is 11.3 Å². The number of nitrogens with one attached hydrogen (secondary N) is 1. The molecule has 1 aromatic carbocycles. The normalized spacial score (nSPS) is 13.0. The SMILES string of the molecule is CC(C)OCCCNCc1csc(-c2ccc3c(c2)OCO3)n1. The molecule has 0 unspecified atom stereocenters. The first kappa shape index (κ1) is 16.2. The zero-order valence-electron chi connectivity index (χ0n) is 13.5. The molecule has 0 radical (unpaired) electrons. The van der Waals surface area contributed by atoms with Crippen LogP contribution in [-0.2, 0) is 11.3 Å². The number of benzene rings is 1. The summed E-state index contributed by atoms with van der Waals surface area (Å²) in [5.74, 6) is 1.60. The standard InChI is InChI=1S/C17H22N2O3S/c1-12(2)20-7-3-6-18-9-14-10-23-17(19-14)13-4-5-15-16(8-13)22-11-21-15/h4-5,8,10,12,18H,3,6-7,9,11H2,1-2H3. The highest BCUT2D eigenvalue weighted by Crippen LogP contribution is 2.36. The molecule has 1 aromatic heterocycles. The van der Waals surface area contributed by atoms with Crippen molar-refractivity contribution in [2.24, 2.45) is 0 Å². The van der Waals surface area contributed by atoms with Crippen LogP contribution < -0.4 is 14.8 Å². The molecule has 0 amide bonds. The van der Waals surface area contributed by atoms with Gasteiger partial charge in [0.2, 0.25) is 6.79 Å². The summed E-state index contributed by atoms with van der Waals surface area (Å²) in [4.78, 5) is 4.68. The maximum Gasteiger partial charge on any atom is 0.231 e. The Balaban J connectivity index is 1.48. The molecule has 6 heteroatoms. The highest BCUT2D eigenvalue weighted by Gasteiger charge is 2.15. The predicted molar refractivity (Wildman–Crippen MR) is 91.1 cm³/mol. The average Bonchev–Trinajstić information content (AvgIpc) is 3.18. The van der Waals surface area contributed by atoms with Crippen LogP contribution in [0.1, 0.15) is 26.0 Å². The largest absolute Gasteiger partial charge is 0.454 e. The molecule has 2 heterocycles. The maximum absolute atomic E-state index is 5.52. The number of ether oxygens (including phenoxy) is 3. The minimum absolute atomic E-state index is 0.298. The smallest absolute Gasteiger partial charge is 0.231 e. The van der Waals surface area contributed by atoms with Gasteiger partial charge in [0, 0.05) is 24.1 Å². The fourth-order valence-corrected chi connectivity index (χ4v) is 3.10. The summed E-state index contributed by atoms with van der Waals surface area (Å²) in [6.45, 7) is 6.92. The summed E-state index contributed by atoms with van der Waals surface area (Å²) in [6.07, 6.45) is 1.31. The Morgan fingerprint density at radius 3 is 3.04 bits per heavy atom. The zero-order chi connectivity index (χ0) is 16.1. The molecule has 5 nitrogen and oxygen atoms in total. The van der Waals surface area contributed by atoms with Crippen molar-refractivity contribution in [3.8, 4) is 22.1 Å². The predicted octanol–water partition coefficient (Wildman–Crippen LogP) is 3.44. The lowest BCUT2D eigenvalue weighted by atomic mass is 10.2. The highest BCUT2D eigenvalue weighted by molar-refractivity contribution is 7.13. The lowest BCUT2D eigenvalue weighted by Gasteiger charge is -2.07. The molecule has 1 aliphatic rings. The molecule has 0 atom stereocenters. The Morgan fingerprint density at radius 2 is 2.17 bits per heavy atom. The van der Waals surface area contributed by atoms with Crippen LogP contribution in [0.2, 0.25) is 0 Å². The van der Waals surface area contributed by atoms with Gasteiger partial charge in [-0.15, -0.1) is 11.3 Å². The molecule has 0 aliphatic carbocycles. The lowest BCUT2D eigenvalue weighted by molar-refractivity contribution is 0.0770. The van der Waals surface area contributed by atoms with E-state index in [0.717, 1.165) is 53.9 Å². The van der Waals surface area contributed by atoms with E-state index in [2.05, 4.69) is 29.5 Å². The zero-order valence-corrected chi connectivity index (χ0v) is 14.3. The van der Waals surface area contributed by atoms with Crippen molar-refractivity contribution in [2.45, 2.75) is 32.9 Å². The Kier molecular flexibility index (Phi) is 5.48. The van der Waals surface area contributed by atoms with Crippen LogP contribution in [-0.4, -0.2) is 31.0 Å². The van der Waals surface area contributed by atoms with Crippen molar-refractivity contribution >= 4 is 11.3 Å². The lowest BCUT2D eigenvalue weighted by Crippen LogP contribution is -2.17. The van der Waals surface area contributed by atoms with Crippen LogP contribution in [0, 0.1) is 0 Å². The fraction of sp³-hybridized carbons (Fsp3) is 0.471. The number of nitrogens with zero attached hydrogens (tertiary/aromatic N) is 1. The van der Waals surface area contributed by atoms with E-state index >= 15 is 0 Å². The van der Waals surface area contributed by atoms with Gasteiger partial charge in [-0.3, -0.25) is 0 Å². The van der Waals surface area contributed by atoms with Gasteiger partial charge in [-0.05, 0) is 45.0 Å². The van der Waals surface area contributed by atoms with E-state index in [1.807, 2.05) is 18.2 Å². The summed E-state index contributed by atoms with van der Waals surface area (Å²) in [6, 6.07) is 5.94. The second kappa shape index (κ2) is 7.77. The van der Waals surface area contributed by atoms with E-state index in [9.17, 15) is 0 Å². The third-order valence-corrected chi connectivity index (χ3v) is 4.37. The number of fused-ring (bicyclic) bond motifs is 1. The van der Waals surface area contributed by atoms with Gasteiger partial charge < -0.3 is 19.5 Å². The molecule has 0 spiro atoms. The molecule has 124 valence electrons. The molecular formula is C17H22N2O3S. The first-order valence-corrected chi connectivity index (χ1v) is 8.77. The Bertz CT molecular complexity index is 643. The highest BCUT2D eigenvalue weighted by atomic mass is 32.1. The van der Waals surface area contributed by atoms with Gasteiger partial charge in [-0.2, -0.15) is 0 Å². The molecular weight excluding hydrogens is 312 g/mol. The van der Waals surface area contributed by atoms with E-state index in [4.69, 9.17) is 14.2 Å². The summed E-state index contributed by atoms with van der Waals surface area (Å²) in [5, 5.41) is 6.50. The molecule has 0 fully saturated rings. The number of rotatable bonds is 8. The van der Waals surface area contributed by atoms with Gasteiger partial charge in [-0.25, -0.2) is 4.98 Å². The van der Waals surface area contributed by atoms with E-state index in [-0.39, 0.29) is 0 Å². The van der Waals surface area contributed by atoms with Crippen molar-refractivity contribution in [2.75, 3.05) is 19.9 Å². The first-order chi connectivity index (χ1) is 11.2. The Hall–Kier alpha value is -1.63. The van der Waals surface area contributed by atoms with Crippen molar-refractivity contribution < 1.29 is 14.2 Å². The van der Waals surface area contributed by atoms with Gasteiger partial charge >= 0.3 is 0 Å². The first-order valence-electron chi connectivity index (χ1n) is 7.89. The van der Waals surface area contributed by atoms with Gasteiger partial charge in [0.15, 0.2) is 11.5 Å². The summed E-state index contributed by atoms with van der Waals surface area (Å²) >= 11 is 1.65. The third kappa shape index (κ3) is 4.43. The topological polar surface area (TPSA) is 52.6 Å². The Labute approximate surface area is 140 Å². The van der Waals surface area contributed by atoms with Crippen molar-refractivity contribution in [1.29, 1.82) is 0 Å². The van der Waals surface area contributed by atoms with Crippen LogP contribution in [0.15, 0.2) is 23.6 Å². The maximum atomic E-state index is 5.52. The fourth-order valence-electron chi connectivity index (χ4n) is 2.28. The molecule has 23 heavy (non-hydrogen) atoms. The number of thiazole rings is 1. The summed E-state index contributed by atoms with van der Waals surface area (Å²) in [7, 11) is 0. The van der Waals surface area contributed by atoms with Crippen LogP contribution in [0.25, 0.3) is 10.6 Å². The van der Waals surface area contributed by atoms with E-state index < -0.39 is 0 Å².